The second-order valence-corrected chi connectivity index (χ2v) is 8.15. The summed E-state index contributed by atoms with van der Waals surface area (Å²) in [4.78, 5) is 26.2. The highest BCUT2D eigenvalue weighted by Gasteiger charge is 2.24. The third kappa shape index (κ3) is 2.76. The number of hydrogen-bond acceptors (Lipinski definition) is 4. The van der Waals surface area contributed by atoms with Gasteiger partial charge in [-0.3, -0.25) is 4.79 Å². The Balaban J connectivity index is 2.17. The van der Waals surface area contributed by atoms with Crippen molar-refractivity contribution in [2.24, 2.45) is 0 Å². The highest BCUT2D eigenvalue weighted by Crippen LogP contribution is 2.17. The maximum Gasteiger partial charge on any atom is 0.350 e. The van der Waals surface area contributed by atoms with Crippen LogP contribution in [0, 0.1) is 6.92 Å². The lowest BCUT2D eigenvalue weighted by Crippen LogP contribution is -2.41. The van der Waals surface area contributed by atoms with Gasteiger partial charge in [0.15, 0.2) is 0 Å². The Bertz CT molecular complexity index is 1400. The van der Waals surface area contributed by atoms with E-state index in [0.717, 1.165) is 10.1 Å². The summed E-state index contributed by atoms with van der Waals surface area (Å²) >= 11 is 0. The van der Waals surface area contributed by atoms with Gasteiger partial charge in [-0.05, 0) is 43.3 Å². The minimum Gasteiger partial charge on any atom is -0.268 e. The molecule has 0 unspecified atom stereocenters. The summed E-state index contributed by atoms with van der Waals surface area (Å²) in [5.41, 5.74) is -0.191. The van der Waals surface area contributed by atoms with Crippen LogP contribution in [0.5, 0.6) is 0 Å². The SMILES string of the molecule is Cc1ccc(-n2c(=O)c3ccccc3n(S(=O)(=O)c3ccccc3)c2=O)cc1. The zero-order valence-electron chi connectivity index (χ0n) is 14.9. The molecule has 0 bridgehead atoms. The Kier molecular flexibility index (Phi) is 4.24. The average Bonchev–Trinajstić information content (AvgIpc) is 2.70. The molecule has 1 aromatic heterocycles. The van der Waals surface area contributed by atoms with Gasteiger partial charge in [0.1, 0.15) is 0 Å². The van der Waals surface area contributed by atoms with Crippen LogP contribution in [0.1, 0.15) is 5.56 Å². The third-order valence-electron chi connectivity index (χ3n) is 4.49. The predicted molar refractivity (Wildman–Crippen MR) is 108 cm³/mol. The Morgan fingerprint density at radius 3 is 2.04 bits per heavy atom. The van der Waals surface area contributed by atoms with Crippen molar-refractivity contribution < 1.29 is 8.42 Å². The van der Waals surface area contributed by atoms with Gasteiger partial charge in [0.05, 0.1) is 21.5 Å². The molecule has 4 rings (SSSR count). The van der Waals surface area contributed by atoms with E-state index in [0.29, 0.717) is 9.66 Å². The summed E-state index contributed by atoms with van der Waals surface area (Å²) in [6.45, 7) is 1.88. The van der Waals surface area contributed by atoms with Gasteiger partial charge >= 0.3 is 5.69 Å². The molecule has 0 radical (unpaired) electrons. The lowest BCUT2D eigenvalue weighted by molar-refractivity contribution is 0.584. The van der Waals surface area contributed by atoms with Crippen LogP contribution in [0.15, 0.2) is 93.3 Å². The molecule has 0 aliphatic carbocycles. The predicted octanol–water partition coefficient (Wildman–Crippen LogP) is 2.70. The first kappa shape index (κ1) is 17.9. The molecule has 28 heavy (non-hydrogen) atoms. The molecule has 1 heterocycles. The maximum atomic E-state index is 13.3. The molecule has 3 aromatic carbocycles. The fourth-order valence-electron chi connectivity index (χ4n) is 3.08. The van der Waals surface area contributed by atoms with E-state index in [-0.39, 0.29) is 15.8 Å². The van der Waals surface area contributed by atoms with Crippen LogP contribution in [0.4, 0.5) is 0 Å². The molecular weight excluding hydrogens is 376 g/mol. The third-order valence-corrected chi connectivity index (χ3v) is 6.20. The summed E-state index contributed by atoms with van der Waals surface area (Å²) < 4.78 is 28.1. The number of aromatic nitrogens is 2. The standard InChI is InChI=1S/C21H16N2O4S/c1-15-11-13-16(14-12-15)22-20(24)18-9-5-6-10-19(18)23(21(22)25)28(26,27)17-7-3-2-4-8-17/h2-14H,1H3. The number of fused-ring (bicyclic) bond motifs is 1. The van der Waals surface area contributed by atoms with Crippen LogP contribution >= 0.6 is 0 Å². The quantitative estimate of drug-likeness (QED) is 0.537. The molecule has 140 valence electrons. The molecule has 6 nitrogen and oxygen atoms in total. The molecule has 0 fully saturated rings. The maximum absolute atomic E-state index is 13.3. The van der Waals surface area contributed by atoms with Gasteiger partial charge in [0.2, 0.25) is 0 Å². The van der Waals surface area contributed by atoms with Crippen LogP contribution in [0.25, 0.3) is 16.6 Å². The van der Waals surface area contributed by atoms with E-state index in [4.69, 9.17) is 0 Å². The fourth-order valence-corrected chi connectivity index (χ4v) is 4.50. The van der Waals surface area contributed by atoms with Crippen molar-refractivity contribution in [3.8, 4) is 5.69 Å². The molecule has 7 heteroatoms. The summed E-state index contributed by atoms with van der Waals surface area (Å²) in [5.74, 6) is 0. The first-order valence-electron chi connectivity index (χ1n) is 8.56. The minimum atomic E-state index is -4.21. The number of nitrogens with zero attached hydrogens (tertiary/aromatic N) is 2. The molecule has 0 amide bonds. The monoisotopic (exact) mass is 392 g/mol. The summed E-state index contributed by atoms with van der Waals surface area (Å²) in [6, 6.07) is 20.6. The van der Waals surface area contributed by atoms with Gasteiger partial charge in [0.25, 0.3) is 15.6 Å². The molecule has 4 aromatic rings. The second-order valence-electron chi connectivity index (χ2n) is 6.36. The highest BCUT2D eigenvalue weighted by atomic mass is 32.2. The number of rotatable bonds is 3. The zero-order chi connectivity index (χ0) is 19.9. The van der Waals surface area contributed by atoms with Crippen LogP contribution in [-0.2, 0) is 10.0 Å². The number of benzene rings is 3. The molecule has 0 spiro atoms. The van der Waals surface area contributed by atoms with Crippen molar-refractivity contribution in [2.45, 2.75) is 11.8 Å². The van der Waals surface area contributed by atoms with Gasteiger partial charge in [-0.25, -0.2) is 17.8 Å². The van der Waals surface area contributed by atoms with Crippen molar-refractivity contribution >= 4 is 20.9 Å². The summed E-state index contributed by atoms with van der Waals surface area (Å²) in [5, 5.41) is 0.141. The molecule has 0 aliphatic rings. The number of aryl methyl sites for hydroxylation is 1. The molecular formula is C21H16N2O4S. The van der Waals surface area contributed by atoms with Crippen LogP contribution < -0.4 is 11.2 Å². The van der Waals surface area contributed by atoms with E-state index in [9.17, 15) is 18.0 Å². The topological polar surface area (TPSA) is 78.1 Å². The first-order chi connectivity index (χ1) is 13.4. The van der Waals surface area contributed by atoms with Crippen LogP contribution in [0.2, 0.25) is 0 Å². The largest absolute Gasteiger partial charge is 0.350 e. The Morgan fingerprint density at radius 2 is 1.36 bits per heavy atom. The van der Waals surface area contributed by atoms with E-state index < -0.39 is 21.3 Å². The lowest BCUT2D eigenvalue weighted by Gasteiger charge is -2.14. The normalized spacial score (nSPS) is 11.6. The van der Waals surface area contributed by atoms with Crippen LogP contribution in [-0.4, -0.2) is 17.0 Å². The van der Waals surface area contributed by atoms with Gasteiger partial charge in [0, 0.05) is 0 Å². The zero-order valence-corrected chi connectivity index (χ0v) is 15.8. The van der Waals surface area contributed by atoms with Crippen molar-refractivity contribution in [2.75, 3.05) is 0 Å². The van der Waals surface area contributed by atoms with Gasteiger partial charge < -0.3 is 0 Å². The smallest absolute Gasteiger partial charge is 0.268 e. The van der Waals surface area contributed by atoms with E-state index in [1.165, 1.54) is 24.3 Å². The fraction of sp³-hybridized carbons (Fsp3) is 0.0476. The van der Waals surface area contributed by atoms with Crippen LogP contribution in [0.3, 0.4) is 0 Å². The molecule has 0 saturated heterocycles. The highest BCUT2D eigenvalue weighted by molar-refractivity contribution is 7.90. The van der Waals surface area contributed by atoms with E-state index >= 15 is 0 Å². The van der Waals surface area contributed by atoms with E-state index in [1.807, 2.05) is 6.92 Å². The Morgan fingerprint density at radius 1 is 0.750 bits per heavy atom. The van der Waals surface area contributed by atoms with E-state index in [1.54, 1.807) is 54.6 Å². The van der Waals surface area contributed by atoms with Crippen molar-refractivity contribution in [1.29, 1.82) is 0 Å². The van der Waals surface area contributed by atoms with Crippen molar-refractivity contribution in [1.82, 2.24) is 8.54 Å². The second kappa shape index (κ2) is 6.61. The summed E-state index contributed by atoms with van der Waals surface area (Å²) in [7, 11) is -4.21. The molecule has 0 atom stereocenters. The Labute approximate surface area is 161 Å². The summed E-state index contributed by atoms with van der Waals surface area (Å²) in [6.07, 6.45) is 0. The number of para-hydroxylation sites is 1. The average molecular weight is 392 g/mol. The van der Waals surface area contributed by atoms with Gasteiger partial charge in [-0.2, -0.15) is 3.97 Å². The van der Waals surface area contributed by atoms with Gasteiger partial charge in [-0.1, -0.05) is 48.0 Å². The molecule has 0 N–H and O–H groups in total. The van der Waals surface area contributed by atoms with E-state index in [2.05, 4.69) is 0 Å². The molecule has 0 saturated carbocycles. The Hall–Kier alpha value is -3.45. The van der Waals surface area contributed by atoms with Gasteiger partial charge in [-0.15, -0.1) is 0 Å². The lowest BCUT2D eigenvalue weighted by atomic mass is 10.2. The number of hydrogen-bond donors (Lipinski definition) is 0. The minimum absolute atomic E-state index is 0.0311. The first-order valence-corrected chi connectivity index (χ1v) is 10.00. The van der Waals surface area contributed by atoms with Crippen molar-refractivity contribution in [3.05, 3.63) is 105 Å². The van der Waals surface area contributed by atoms with Crippen molar-refractivity contribution in [3.63, 3.8) is 0 Å². The molecule has 0 aliphatic heterocycles.